The van der Waals surface area contributed by atoms with Crippen molar-refractivity contribution in [1.82, 2.24) is 0 Å². The van der Waals surface area contributed by atoms with Gasteiger partial charge in [-0.15, -0.1) is 0 Å². The van der Waals surface area contributed by atoms with Gasteiger partial charge in [-0.2, -0.15) is 0 Å². The Hall–Kier alpha value is -4.82. The molecule has 6 aromatic rings. The van der Waals surface area contributed by atoms with Crippen LogP contribution in [0.2, 0.25) is 0 Å². The minimum Gasteiger partial charge on any atom is -0.356 e. The Kier molecular flexibility index (Phi) is 5.91. The Labute approximate surface area is 212 Å². The fraction of sp³-hybridized carbons (Fsp3) is 0. The summed E-state index contributed by atoms with van der Waals surface area (Å²) in [5.41, 5.74) is 7.92. The van der Waals surface area contributed by atoms with Crippen LogP contribution in [0.15, 0.2) is 152 Å². The normalized spacial score (nSPS) is 10.8. The molecule has 0 amide bonds. The van der Waals surface area contributed by atoms with Crippen LogP contribution in [0.4, 0.5) is 28.4 Å². The number of fused-ring (bicyclic) bond motifs is 1. The van der Waals surface area contributed by atoms with Crippen LogP contribution in [0.1, 0.15) is 0 Å². The Morgan fingerprint density at radius 2 is 0.861 bits per heavy atom. The Balaban J connectivity index is 1.39. The van der Waals surface area contributed by atoms with E-state index in [-0.39, 0.29) is 0 Å². The monoisotopic (exact) mass is 462 g/mol. The Morgan fingerprint density at radius 1 is 0.361 bits per heavy atom. The van der Waals surface area contributed by atoms with Gasteiger partial charge in [0.25, 0.3) is 0 Å². The van der Waals surface area contributed by atoms with Gasteiger partial charge in [-0.3, -0.25) is 0 Å². The number of nitrogens with one attached hydrogen (secondary N) is 1. The van der Waals surface area contributed by atoms with Crippen LogP contribution in [0.5, 0.6) is 0 Å². The van der Waals surface area contributed by atoms with E-state index in [4.69, 9.17) is 0 Å². The molecule has 0 atom stereocenters. The first kappa shape index (κ1) is 21.7. The van der Waals surface area contributed by atoms with E-state index < -0.39 is 0 Å². The fourth-order valence-electron chi connectivity index (χ4n) is 4.58. The van der Waals surface area contributed by atoms with Crippen LogP contribution >= 0.6 is 0 Å². The average molecular weight is 463 g/mol. The van der Waals surface area contributed by atoms with Crippen LogP contribution in [0.25, 0.3) is 21.9 Å². The topological polar surface area (TPSA) is 15.3 Å². The van der Waals surface area contributed by atoms with Crippen molar-refractivity contribution in [3.05, 3.63) is 152 Å². The van der Waals surface area contributed by atoms with Gasteiger partial charge in [-0.25, -0.2) is 0 Å². The van der Waals surface area contributed by atoms with Crippen LogP contribution in [-0.4, -0.2) is 0 Å². The van der Waals surface area contributed by atoms with Crippen molar-refractivity contribution in [2.45, 2.75) is 0 Å². The van der Waals surface area contributed by atoms with E-state index in [1.165, 1.54) is 21.9 Å². The third-order valence-electron chi connectivity index (χ3n) is 6.41. The highest BCUT2D eigenvalue weighted by Gasteiger charge is 2.13. The van der Waals surface area contributed by atoms with Gasteiger partial charge in [0.15, 0.2) is 0 Å². The first-order chi connectivity index (χ1) is 17.8. The van der Waals surface area contributed by atoms with Crippen molar-refractivity contribution in [1.29, 1.82) is 0 Å². The van der Waals surface area contributed by atoms with Gasteiger partial charge in [0.05, 0.1) is 0 Å². The molecule has 1 N–H and O–H groups in total. The number of hydrogen-bond acceptors (Lipinski definition) is 2. The highest BCUT2D eigenvalue weighted by Crippen LogP contribution is 2.37. The number of para-hydroxylation sites is 1. The van der Waals surface area contributed by atoms with E-state index in [1.807, 2.05) is 18.2 Å². The van der Waals surface area contributed by atoms with Gasteiger partial charge in [0, 0.05) is 28.4 Å². The summed E-state index contributed by atoms with van der Waals surface area (Å²) in [6.07, 6.45) is 0. The van der Waals surface area contributed by atoms with E-state index in [2.05, 4.69) is 144 Å². The second-order valence-corrected chi connectivity index (χ2v) is 8.82. The molecule has 0 aliphatic carbocycles. The van der Waals surface area contributed by atoms with E-state index in [0.29, 0.717) is 0 Å². The Bertz CT molecular complexity index is 1570. The molecular weight excluding hydrogens is 436 g/mol. The van der Waals surface area contributed by atoms with Gasteiger partial charge in [0.2, 0.25) is 0 Å². The van der Waals surface area contributed by atoms with Gasteiger partial charge >= 0.3 is 0 Å². The lowest BCUT2D eigenvalue weighted by Gasteiger charge is -2.26. The molecule has 0 heterocycles. The summed E-state index contributed by atoms with van der Waals surface area (Å²) in [6, 6.07) is 53.3. The summed E-state index contributed by atoms with van der Waals surface area (Å²) >= 11 is 0. The lowest BCUT2D eigenvalue weighted by molar-refractivity contribution is 1.29. The molecule has 0 bridgehead atoms. The Morgan fingerprint density at radius 3 is 1.56 bits per heavy atom. The van der Waals surface area contributed by atoms with Crippen LogP contribution in [0, 0.1) is 0 Å². The number of hydrogen-bond donors (Lipinski definition) is 1. The zero-order valence-electron chi connectivity index (χ0n) is 19.9. The molecule has 6 aromatic carbocycles. The van der Waals surface area contributed by atoms with Gasteiger partial charge in [0.1, 0.15) is 0 Å². The van der Waals surface area contributed by atoms with Crippen molar-refractivity contribution in [2.75, 3.05) is 10.2 Å². The maximum atomic E-state index is 3.48. The van der Waals surface area contributed by atoms with Crippen molar-refractivity contribution in [3.63, 3.8) is 0 Å². The molecule has 0 aromatic heterocycles. The van der Waals surface area contributed by atoms with E-state index in [9.17, 15) is 0 Å². The maximum Gasteiger partial charge on any atom is 0.0468 e. The van der Waals surface area contributed by atoms with Gasteiger partial charge in [-0.1, -0.05) is 91.0 Å². The summed E-state index contributed by atoms with van der Waals surface area (Å²) in [6.45, 7) is 0. The van der Waals surface area contributed by atoms with Crippen molar-refractivity contribution >= 4 is 39.2 Å². The molecule has 0 saturated heterocycles. The lowest BCUT2D eigenvalue weighted by atomic mass is 10.0. The van der Waals surface area contributed by atoms with Gasteiger partial charge < -0.3 is 10.2 Å². The zero-order chi connectivity index (χ0) is 24.2. The third-order valence-corrected chi connectivity index (χ3v) is 6.41. The number of benzene rings is 6. The summed E-state index contributed by atoms with van der Waals surface area (Å²) in [4.78, 5) is 2.31. The highest BCUT2D eigenvalue weighted by molar-refractivity contribution is 5.89. The molecule has 0 spiro atoms. The van der Waals surface area contributed by atoms with Crippen LogP contribution in [0.3, 0.4) is 0 Å². The number of nitrogens with zero attached hydrogens (tertiary/aromatic N) is 1. The predicted octanol–water partition coefficient (Wildman–Crippen LogP) is 9.72. The van der Waals surface area contributed by atoms with Crippen molar-refractivity contribution in [3.8, 4) is 11.1 Å². The molecule has 6 rings (SSSR count). The summed E-state index contributed by atoms with van der Waals surface area (Å²) in [7, 11) is 0. The van der Waals surface area contributed by atoms with E-state index >= 15 is 0 Å². The molecule has 0 saturated carbocycles. The molecule has 36 heavy (non-hydrogen) atoms. The first-order valence-electron chi connectivity index (χ1n) is 12.2. The predicted molar refractivity (Wildman–Crippen MR) is 154 cm³/mol. The number of rotatable bonds is 6. The highest BCUT2D eigenvalue weighted by atomic mass is 15.1. The van der Waals surface area contributed by atoms with Crippen molar-refractivity contribution < 1.29 is 0 Å². The summed E-state index contributed by atoms with van der Waals surface area (Å²) in [5.74, 6) is 0. The second kappa shape index (κ2) is 9.81. The minimum atomic E-state index is 1.06. The summed E-state index contributed by atoms with van der Waals surface area (Å²) in [5, 5.41) is 5.95. The average Bonchev–Trinajstić information content (AvgIpc) is 2.95. The lowest BCUT2D eigenvalue weighted by Crippen LogP contribution is -2.10. The molecule has 0 unspecified atom stereocenters. The van der Waals surface area contributed by atoms with Crippen molar-refractivity contribution in [2.24, 2.45) is 0 Å². The summed E-state index contributed by atoms with van der Waals surface area (Å²) < 4.78 is 0. The quantitative estimate of drug-likeness (QED) is 0.265. The maximum absolute atomic E-state index is 3.48. The van der Waals surface area contributed by atoms with Gasteiger partial charge in [-0.05, 0) is 82.6 Å². The van der Waals surface area contributed by atoms with Crippen LogP contribution < -0.4 is 10.2 Å². The molecular formula is C34H26N2. The molecule has 0 aliphatic heterocycles. The zero-order valence-corrected chi connectivity index (χ0v) is 19.9. The standard InChI is InChI=1S/C34H26N2/c1-3-9-26(10-4-1)28-15-20-32(21-16-28)36(34-22-17-27-11-7-8-12-29(27)25-34)33-23-18-31(19-24-33)35-30-13-5-2-6-14-30/h1-25,35H. The molecule has 0 aliphatic rings. The molecule has 172 valence electrons. The second-order valence-electron chi connectivity index (χ2n) is 8.82. The molecule has 2 heteroatoms. The van der Waals surface area contributed by atoms with E-state index in [0.717, 1.165) is 28.4 Å². The van der Waals surface area contributed by atoms with Crippen LogP contribution in [-0.2, 0) is 0 Å². The smallest absolute Gasteiger partial charge is 0.0468 e. The SMILES string of the molecule is c1ccc(Nc2ccc(N(c3ccc(-c4ccccc4)cc3)c3ccc4ccccc4c3)cc2)cc1. The van der Waals surface area contributed by atoms with E-state index in [1.54, 1.807) is 0 Å². The molecule has 0 fully saturated rings. The number of anilines is 5. The third kappa shape index (κ3) is 4.57. The fourth-order valence-corrected chi connectivity index (χ4v) is 4.58. The first-order valence-corrected chi connectivity index (χ1v) is 12.2. The molecule has 2 nitrogen and oxygen atoms in total. The minimum absolute atomic E-state index is 1.06. The largest absolute Gasteiger partial charge is 0.356 e. The molecule has 0 radical (unpaired) electrons.